The van der Waals surface area contributed by atoms with Gasteiger partial charge in [-0.05, 0) is 31.5 Å². The maximum atomic E-state index is 12.6. The fourth-order valence-electron chi connectivity index (χ4n) is 2.94. The van der Waals surface area contributed by atoms with Crippen LogP contribution in [0.25, 0.3) is 11.3 Å². The highest BCUT2D eigenvalue weighted by atomic mass is 19.4. The van der Waals surface area contributed by atoms with Gasteiger partial charge in [-0.25, -0.2) is 4.98 Å². The summed E-state index contributed by atoms with van der Waals surface area (Å²) in [5, 5.41) is 0. The van der Waals surface area contributed by atoms with Gasteiger partial charge in [-0.1, -0.05) is 12.1 Å². The molecule has 0 spiro atoms. The van der Waals surface area contributed by atoms with Crippen LogP contribution in [0.15, 0.2) is 30.5 Å². The van der Waals surface area contributed by atoms with Crippen molar-refractivity contribution >= 4 is 5.91 Å². The number of nitrogens with one attached hydrogen (secondary N) is 1. The van der Waals surface area contributed by atoms with Crippen LogP contribution in [0.4, 0.5) is 13.2 Å². The van der Waals surface area contributed by atoms with Crippen LogP contribution in [-0.2, 0) is 11.0 Å². The number of amides is 1. The van der Waals surface area contributed by atoms with Crippen molar-refractivity contribution in [1.29, 1.82) is 0 Å². The lowest BCUT2D eigenvalue weighted by Gasteiger charge is -2.20. The quantitative estimate of drug-likeness (QED) is 0.926. The zero-order valence-corrected chi connectivity index (χ0v) is 13.4. The molecule has 1 aromatic heterocycles. The normalized spacial score (nSPS) is 18.7. The van der Waals surface area contributed by atoms with Gasteiger partial charge in [0.25, 0.3) is 0 Å². The van der Waals surface area contributed by atoms with Gasteiger partial charge in [0.2, 0.25) is 5.91 Å². The van der Waals surface area contributed by atoms with Crippen molar-refractivity contribution < 1.29 is 18.0 Å². The van der Waals surface area contributed by atoms with Crippen LogP contribution in [0.3, 0.4) is 0 Å². The summed E-state index contributed by atoms with van der Waals surface area (Å²) in [5.74, 6) is 0.784. The number of halogens is 3. The van der Waals surface area contributed by atoms with Crippen LogP contribution < -0.4 is 0 Å². The summed E-state index contributed by atoms with van der Waals surface area (Å²) in [5.41, 5.74) is 0.598. The third kappa shape index (κ3) is 3.16. The SMILES string of the molecule is CC(C)N1CC(c2ncc(-c3ccc(C(F)(F)F)cc3)[nH]2)CC1=O. The smallest absolute Gasteiger partial charge is 0.342 e. The van der Waals surface area contributed by atoms with E-state index in [-0.39, 0.29) is 17.9 Å². The van der Waals surface area contributed by atoms with Crippen molar-refractivity contribution in [3.63, 3.8) is 0 Å². The van der Waals surface area contributed by atoms with E-state index >= 15 is 0 Å². The second-order valence-corrected chi connectivity index (χ2v) is 6.30. The van der Waals surface area contributed by atoms with E-state index in [4.69, 9.17) is 0 Å². The largest absolute Gasteiger partial charge is 0.416 e. The Kier molecular flexibility index (Phi) is 4.11. The highest BCUT2D eigenvalue weighted by Gasteiger charge is 2.34. The number of nitrogens with zero attached hydrogens (tertiary/aromatic N) is 2. The number of imidazole rings is 1. The number of aromatic amines is 1. The van der Waals surface area contributed by atoms with E-state index in [2.05, 4.69) is 9.97 Å². The summed E-state index contributed by atoms with van der Waals surface area (Å²) >= 11 is 0. The third-order valence-electron chi connectivity index (χ3n) is 4.29. The molecule has 3 rings (SSSR count). The van der Waals surface area contributed by atoms with Crippen molar-refractivity contribution in [2.24, 2.45) is 0 Å². The molecule has 4 nitrogen and oxygen atoms in total. The number of aromatic nitrogens is 2. The van der Waals surface area contributed by atoms with Gasteiger partial charge in [-0.3, -0.25) is 4.79 Å². The maximum absolute atomic E-state index is 12.6. The Morgan fingerprint density at radius 2 is 1.92 bits per heavy atom. The van der Waals surface area contributed by atoms with E-state index in [0.29, 0.717) is 30.0 Å². The number of hydrogen-bond acceptors (Lipinski definition) is 2. The third-order valence-corrected chi connectivity index (χ3v) is 4.29. The summed E-state index contributed by atoms with van der Waals surface area (Å²) in [6.07, 6.45) is -2.35. The van der Waals surface area contributed by atoms with Gasteiger partial charge in [0, 0.05) is 24.9 Å². The first-order chi connectivity index (χ1) is 11.3. The van der Waals surface area contributed by atoms with Gasteiger partial charge in [0.05, 0.1) is 17.5 Å². The van der Waals surface area contributed by atoms with E-state index in [1.165, 1.54) is 12.1 Å². The zero-order valence-electron chi connectivity index (χ0n) is 13.4. The zero-order chi connectivity index (χ0) is 17.5. The molecule has 0 saturated carbocycles. The molecule has 1 aliphatic heterocycles. The molecule has 1 fully saturated rings. The monoisotopic (exact) mass is 337 g/mol. The molecule has 128 valence electrons. The molecule has 1 aromatic carbocycles. The molecule has 1 amide bonds. The van der Waals surface area contributed by atoms with Gasteiger partial charge in [-0.15, -0.1) is 0 Å². The van der Waals surface area contributed by atoms with Crippen LogP contribution in [0.1, 0.15) is 37.6 Å². The second-order valence-electron chi connectivity index (χ2n) is 6.30. The maximum Gasteiger partial charge on any atom is 0.416 e. The van der Waals surface area contributed by atoms with Gasteiger partial charge in [0.1, 0.15) is 5.82 Å². The summed E-state index contributed by atoms with van der Waals surface area (Å²) in [4.78, 5) is 21.3. The number of rotatable bonds is 3. The minimum absolute atomic E-state index is 0.0110. The number of alkyl halides is 3. The standard InChI is InChI=1S/C17H18F3N3O/c1-10(2)23-9-12(7-15(23)24)16-21-8-14(22-16)11-3-5-13(6-4-11)17(18,19)20/h3-6,8,10,12H,7,9H2,1-2H3,(H,21,22). The first-order valence-corrected chi connectivity index (χ1v) is 7.77. The van der Waals surface area contributed by atoms with Gasteiger partial charge >= 0.3 is 6.18 Å². The van der Waals surface area contributed by atoms with Crippen molar-refractivity contribution in [3.8, 4) is 11.3 Å². The molecule has 2 aromatic rings. The minimum Gasteiger partial charge on any atom is -0.342 e. The van der Waals surface area contributed by atoms with Crippen LogP contribution in [-0.4, -0.2) is 33.4 Å². The number of likely N-dealkylation sites (tertiary alicyclic amines) is 1. The lowest BCUT2D eigenvalue weighted by molar-refractivity contribution is -0.137. The second kappa shape index (κ2) is 5.96. The summed E-state index contributed by atoms with van der Waals surface area (Å²) in [6, 6.07) is 5.08. The van der Waals surface area contributed by atoms with Gasteiger partial charge in [-0.2, -0.15) is 13.2 Å². The molecular weight excluding hydrogens is 319 g/mol. The Bertz CT molecular complexity index is 734. The molecule has 7 heteroatoms. The highest BCUT2D eigenvalue weighted by Crippen LogP contribution is 2.32. The van der Waals surface area contributed by atoms with Crippen LogP contribution in [0.5, 0.6) is 0 Å². The van der Waals surface area contributed by atoms with E-state index in [9.17, 15) is 18.0 Å². The molecule has 1 atom stereocenters. The molecule has 1 unspecified atom stereocenters. The average molecular weight is 337 g/mol. The Hall–Kier alpha value is -2.31. The molecule has 24 heavy (non-hydrogen) atoms. The Balaban J connectivity index is 1.78. The van der Waals surface area contributed by atoms with E-state index in [1.807, 2.05) is 18.7 Å². The van der Waals surface area contributed by atoms with E-state index < -0.39 is 11.7 Å². The van der Waals surface area contributed by atoms with Crippen molar-refractivity contribution in [1.82, 2.24) is 14.9 Å². The first kappa shape index (κ1) is 16.5. The molecule has 0 aliphatic carbocycles. The van der Waals surface area contributed by atoms with Crippen LogP contribution in [0.2, 0.25) is 0 Å². The van der Waals surface area contributed by atoms with Crippen LogP contribution in [0, 0.1) is 0 Å². The number of carbonyl (C=O) groups is 1. The predicted octanol–water partition coefficient (Wildman–Crippen LogP) is 3.82. The summed E-state index contributed by atoms with van der Waals surface area (Å²) in [6.45, 7) is 4.54. The minimum atomic E-state index is -4.35. The lowest BCUT2D eigenvalue weighted by Crippen LogP contribution is -2.31. The molecule has 1 N–H and O–H groups in total. The molecule has 2 heterocycles. The Morgan fingerprint density at radius 3 is 2.46 bits per heavy atom. The topological polar surface area (TPSA) is 49.0 Å². The molecular formula is C17H18F3N3O. The summed E-state index contributed by atoms with van der Waals surface area (Å²) < 4.78 is 37.8. The Labute approximate surface area is 137 Å². The predicted molar refractivity (Wildman–Crippen MR) is 83.2 cm³/mol. The average Bonchev–Trinajstić information content (AvgIpc) is 3.13. The Morgan fingerprint density at radius 1 is 1.25 bits per heavy atom. The molecule has 0 bridgehead atoms. The lowest BCUT2D eigenvalue weighted by atomic mass is 10.1. The highest BCUT2D eigenvalue weighted by molar-refractivity contribution is 5.79. The number of H-pyrrole nitrogens is 1. The van der Waals surface area contributed by atoms with E-state index in [0.717, 1.165) is 12.1 Å². The number of benzene rings is 1. The number of carbonyl (C=O) groups excluding carboxylic acids is 1. The van der Waals surface area contributed by atoms with Gasteiger partial charge < -0.3 is 9.88 Å². The first-order valence-electron chi connectivity index (χ1n) is 7.77. The van der Waals surface area contributed by atoms with Crippen LogP contribution >= 0.6 is 0 Å². The van der Waals surface area contributed by atoms with E-state index in [1.54, 1.807) is 6.20 Å². The fourth-order valence-corrected chi connectivity index (χ4v) is 2.94. The van der Waals surface area contributed by atoms with Crippen molar-refractivity contribution in [2.75, 3.05) is 6.54 Å². The molecule has 1 saturated heterocycles. The molecule has 1 aliphatic rings. The molecule has 0 radical (unpaired) electrons. The fraction of sp³-hybridized carbons (Fsp3) is 0.412. The van der Waals surface area contributed by atoms with Crippen molar-refractivity contribution in [2.45, 2.75) is 38.4 Å². The summed E-state index contributed by atoms with van der Waals surface area (Å²) in [7, 11) is 0. The van der Waals surface area contributed by atoms with Crippen molar-refractivity contribution in [3.05, 3.63) is 41.9 Å². The van der Waals surface area contributed by atoms with Gasteiger partial charge in [0.15, 0.2) is 0 Å². The number of hydrogen-bond donors (Lipinski definition) is 1.